The van der Waals surface area contributed by atoms with Gasteiger partial charge in [-0.3, -0.25) is 0 Å². The Labute approximate surface area is 120 Å². The first-order chi connectivity index (χ1) is 9.60. The Hall–Kier alpha value is -1.58. The standard InChI is InChI=1S/C16H24N2O2/c1-11-4-6-13(7-5-11)10-17-15-9-8-14(12(2)18-15)16(19)20-3/h8-9,11,13H,4-7,10H2,1-3H3,(H,17,18). The number of nitrogens with one attached hydrogen (secondary N) is 1. The minimum Gasteiger partial charge on any atom is -0.465 e. The summed E-state index contributed by atoms with van der Waals surface area (Å²) in [4.78, 5) is 15.9. The van der Waals surface area contributed by atoms with Gasteiger partial charge in [0, 0.05) is 6.54 Å². The van der Waals surface area contributed by atoms with Crippen LogP contribution in [0.2, 0.25) is 0 Å². The number of nitrogens with zero attached hydrogens (tertiary/aromatic N) is 1. The molecule has 1 heterocycles. The predicted octanol–water partition coefficient (Wildman–Crippen LogP) is 3.41. The number of ether oxygens (including phenoxy) is 1. The smallest absolute Gasteiger partial charge is 0.339 e. The third-order valence-corrected chi connectivity index (χ3v) is 4.20. The molecule has 20 heavy (non-hydrogen) atoms. The minimum atomic E-state index is -0.331. The van der Waals surface area contributed by atoms with Gasteiger partial charge in [-0.1, -0.05) is 19.8 Å². The Morgan fingerprint density at radius 2 is 2.05 bits per heavy atom. The molecule has 2 rings (SSSR count). The molecule has 1 saturated carbocycles. The number of methoxy groups -OCH3 is 1. The van der Waals surface area contributed by atoms with E-state index >= 15 is 0 Å². The summed E-state index contributed by atoms with van der Waals surface area (Å²) in [7, 11) is 1.39. The summed E-state index contributed by atoms with van der Waals surface area (Å²) in [6.07, 6.45) is 5.26. The van der Waals surface area contributed by atoms with Crippen LogP contribution in [0.1, 0.15) is 48.7 Å². The number of hydrogen-bond donors (Lipinski definition) is 1. The Kier molecular flexibility index (Phi) is 4.99. The molecule has 0 atom stereocenters. The first-order valence-electron chi connectivity index (χ1n) is 7.40. The molecule has 1 aliphatic carbocycles. The van der Waals surface area contributed by atoms with Crippen LogP contribution >= 0.6 is 0 Å². The first kappa shape index (κ1) is 14.8. The van der Waals surface area contributed by atoms with Gasteiger partial charge in [0.2, 0.25) is 0 Å². The average Bonchev–Trinajstić information content (AvgIpc) is 2.46. The van der Waals surface area contributed by atoms with Gasteiger partial charge >= 0.3 is 5.97 Å². The number of anilines is 1. The molecule has 1 aromatic rings. The fourth-order valence-electron chi connectivity index (χ4n) is 2.77. The van der Waals surface area contributed by atoms with Crippen molar-refractivity contribution >= 4 is 11.8 Å². The minimum absolute atomic E-state index is 0.331. The number of rotatable bonds is 4. The maximum Gasteiger partial charge on any atom is 0.339 e. The molecule has 1 N–H and O–H groups in total. The van der Waals surface area contributed by atoms with Crippen LogP contribution in [0.5, 0.6) is 0 Å². The molecule has 0 spiro atoms. The van der Waals surface area contributed by atoms with E-state index in [1.807, 2.05) is 13.0 Å². The van der Waals surface area contributed by atoms with Gasteiger partial charge in [-0.15, -0.1) is 0 Å². The van der Waals surface area contributed by atoms with Gasteiger partial charge in [0.15, 0.2) is 0 Å². The lowest BCUT2D eigenvalue weighted by atomic mass is 9.83. The molecule has 0 unspecified atom stereocenters. The third-order valence-electron chi connectivity index (χ3n) is 4.20. The first-order valence-corrected chi connectivity index (χ1v) is 7.40. The lowest BCUT2D eigenvalue weighted by Crippen LogP contribution is -2.20. The third kappa shape index (κ3) is 3.71. The van der Waals surface area contributed by atoms with Crippen molar-refractivity contribution in [1.29, 1.82) is 0 Å². The van der Waals surface area contributed by atoms with Gasteiger partial charge in [0.25, 0.3) is 0 Å². The number of carbonyl (C=O) groups is 1. The van der Waals surface area contributed by atoms with E-state index < -0.39 is 0 Å². The molecule has 0 bridgehead atoms. The van der Waals surface area contributed by atoms with Gasteiger partial charge < -0.3 is 10.1 Å². The van der Waals surface area contributed by atoms with Crippen molar-refractivity contribution in [3.05, 3.63) is 23.4 Å². The van der Waals surface area contributed by atoms with E-state index in [9.17, 15) is 4.79 Å². The van der Waals surface area contributed by atoms with Crippen molar-refractivity contribution in [2.45, 2.75) is 39.5 Å². The van der Waals surface area contributed by atoms with Crippen molar-refractivity contribution in [2.75, 3.05) is 19.0 Å². The maximum absolute atomic E-state index is 11.5. The fraction of sp³-hybridized carbons (Fsp3) is 0.625. The van der Waals surface area contributed by atoms with Crippen molar-refractivity contribution < 1.29 is 9.53 Å². The molecule has 0 radical (unpaired) electrons. The molecule has 0 amide bonds. The Bertz CT molecular complexity index is 466. The van der Waals surface area contributed by atoms with Crippen LogP contribution < -0.4 is 5.32 Å². The van der Waals surface area contributed by atoms with Crippen molar-refractivity contribution in [3.8, 4) is 0 Å². The summed E-state index contributed by atoms with van der Waals surface area (Å²) in [6.45, 7) is 5.14. The van der Waals surface area contributed by atoms with Crippen LogP contribution in [0.15, 0.2) is 12.1 Å². The van der Waals surface area contributed by atoms with Gasteiger partial charge in [-0.05, 0) is 43.7 Å². The fourth-order valence-corrected chi connectivity index (χ4v) is 2.77. The molecule has 110 valence electrons. The van der Waals surface area contributed by atoms with Crippen molar-refractivity contribution in [3.63, 3.8) is 0 Å². The van der Waals surface area contributed by atoms with E-state index in [1.54, 1.807) is 6.07 Å². The highest BCUT2D eigenvalue weighted by atomic mass is 16.5. The van der Waals surface area contributed by atoms with Crippen LogP contribution in [0.25, 0.3) is 0 Å². The predicted molar refractivity (Wildman–Crippen MR) is 79.9 cm³/mol. The van der Waals surface area contributed by atoms with Gasteiger partial charge in [-0.2, -0.15) is 0 Å². The molecule has 0 aromatic carbocycles. The lowest BCUT2D eigenvalue weighted by Gasteiger charge is -2.26. The van der Waals surface area contributed by atoms with Crippen molar-refractivity contribution in [1.82, 2.24) is 4.98 Å². The molecule has 1 aromatic heterocycles. The number of pyridine rings is 1. The zero-order chi connectivity index (χ0) is 14.5. The second-order valence-electron chi connectivity index (χ2n) is 5.83. The summed E-state index contributed by atoms with van der Waals surface area (Å²) in [5.74, 6) is 2.14. The van der Waals surface area contributed by atoms with Crippen molar-refractivity contribution in [2.24, 2.45) is 11.8 Å². The largest absolute Gasteiger partial charge is 0.465 e. The highest BCUT2D eigenvalue weighted by molar-refractivity contribution is 5.90. The number of aryl methyl sites for hydroxylation is 1. The maximum atomic E-state index is 11.5. The van der Waals surface area contributed by atoms with E-state index in [1.165, 1.54) is 32.8 Å². The number of aromatic nitrogens is 1. The second-order valence-corrected chi connectivity index (χ2v) is 5.83. The van der Waals surface area contributed by atoms with E-state index in [2.05, 4.69) is 17.2 Å². The highest BCUT2D eigenvalue weighted by Crippen LogP contribution is 2.28. The van der Waals surface area contributed by atoms with E-state index in [0.29, 0.717) is 11.3 Å². The summed E-state index contributed by atoms with van der Waals surface area (Å²) < 4.78 is 4.72. The highest BCUT2D eigenvalue weighted by Gasteiger charge is 2.18. The second kappa shape index (κ2) is 6.73. The molecule has 4 nitrogen and oxygen atoms in total. The summed E-state index contributed by atoms with van der Waals surface area (Å²) >= 11 is 0. The van der Waals surface area contributed by atoms with E-state index in [-0.39, 0.29) is 5.97 Å². The summed E-state index contributed by atoms with van der Waals surface area (Å²) in [6, 6.07) is 3.63. The molecule has 0 aliphatic heterocycles. The Morgan fingerprint density at radius 1 is 1.35 bits per heavy atom. The Morgan fingerprint density at radius 3 is 2.65 bits per heavy atom. The molecular weight excluding hydrogens is 252 g/mol. The number of carbonyl (C=O) groups excluding carboxylic acids is 1. The summed E-state index contributed by atoms with van der Waals surface area (Å²) in [5, 5.41) is 3.39. The number of esters is 1. The van der Waals surface area contributed by atoms with E-state index in [4.69, 9.17) is 4.74 Å². The normalized spacial score (nSPS) is 22.4. The van der Waals surface area contributed by atoms with Crippen LogP contribution in [0.3, 0.4) is 0 Å². The zero-order valence-corrected chi connectivity index (χ0v) is 12.6. The summed E-state index contributed by atoms with van der Waals surface area (Å²) in [5.41, 5.74) is 1.24. The monoisotopic (exact) mass is 276 g/mol. The van der Waals surface area contributed by atoms with Crippen LogP contribution in [0, 0.1) is 18.8 Å². The van der Waals surface area contributed by atoms with Crippen LogP contribution in [-0.2, 0) is 4.74 Å². The van der Waals surface area contributed by atoms with Gasteiger partial charge in [0.05, 0.1) is 18.4 Å². The quantitative estimate of drug-likeness (QED) is 0.856. The zero-order valence-electron chi connectivity index (χ0n) is 12.6. The topological polar surface area (TPSA) is 51.2 Å². The SMILES string of the molecule is COC(=O)c1ccc(NCC2CCC(C)CC2)nc1C. The van der Waals surface area contributed by atoms with E-state index in [0.717, 1.165) is 24.2 Å². The molecule has 4 heteroatoms. The van der Waals surface area contributed by atoms with Crippen LogP contribution in [-0.4, -0.2) is 24.6 Å². The van der Waals surface area contributed by atoms with Gasteiger partial charge in [-0.25, -0.2) is 9.78 Å². The Balaban J connectivity index is 1.90. The lowest BCUT2D eigenvalue weighted by molar-refractivity contribution is 0.0599. The molecule has 1 aliphatic rings. The number of hydrogen-bond acceptors (Lipinski definition) is 4. The molecule has 1 fully saturated rings. The van der Waals surface area contributed by atoms with Gasteiger partial charge in [0.1, 0.15) is 5.82 Å². The molecule has 0 saturated heterocycles. The van der Waals surface area contributed by atoms with Crippen LogP contribution in [0.4, 0.5) is 5.82 Å². The average molecular weight is 276 g/mol. The molecular formula is C16H24N2O2.